The molecule has 5 heteroatoms. The number of likely N-dealkylation sites (tertiary alicyclic amines) is 1. The van der Waals surface area contributed by atoms with Crippen LogP contribution < -0.4 is 0 Å². The van der Waals surface area contributed by atoms with Crippen molar-refractivity contribution in [3.63, 3.8) is 0 Å². The Labute approximate surface area is 76.4 Å². The van der Waals surface area contributed by atoms with Crippen molar-refractivity contribution in [2.24, 2.45) is 0 Å². The van der Waals surface area contributed by atoms with Gasteiger partial charge in [-0.1, -0.05) is 5.16 Å². The predicted octanol–water partition coefficient (Wildman–Crippen LogP) is 0.116. The molecule has 5 nitrogen and oxygen atoms in total. The number of hydrogen-bond acceptors (Lipinski definition) is 5. The highest BCUT2D eigenvalue weighted by molar-refractivity contribution is 4.97. The summed E-state index contributed by atoms with van der Waals surface area (Å²) in [4.78, 5) is 6.17. The molecule has 2 atom stereocenters. The van der Waals surface area contributed by atoms with Crippen molar-refractivity contribution in [3.05, 3.63) is 11.7 Å². The van der Waals surface area contributed by atoms with E-state index in [1.807, 2.05) is 11.9 Å². The molecule has 2 heterocycles. The first kappa shape index (κ1) is 8.65. The molecule has 1 fully saturated rings. The molecule has 0 amide bonds. The Morgan fingerprint density at radius 1 is 1.62 bits per heavy atom. The summed E-state index contributed by atoms with van der Waals surface area (Å²) in [6, 6.07) is 0.0798. The lowest BCUT2D eigenvalue weighted by Crippen LogP contribution is -2.19. The van der Waals surface area contributed by atoms with Crippen LogP contribution in [-0.4, -0.2) is 39.8 Å². The van der Waals surface area contributed by atoms with Gasteiger partial charge < -0.3 is 9.63 Å². The molecular formula is C8H13N3O2. The van der Waals surface area contributed by atoms with Gasteiger partial charge in [0.25, 0.3) is 0 Å². The molecule has 2 unspecified atom stereocenters. The quantitative estimate of drug-likeness (QED) is 0.669. The van der Waals surface area contributed by atoms with Gasteiger partial charge in [0.2, 0.25) is 5.89 Å². The topological polar surface area (TPSA) is 62.4 Å². The maximum atomic E-state index is 9.41. The van der Waals surface area contributed by atoms with E-state index < -0.39 is 0 Å². The molecule has 72 valence electrons. The summed E-state index contributed by atoms with van der Waals surface area (Å²) in [6.07, 6.45) is 0.403. The fourth-order valence-electron chi connectivity index (χ4n) is 1.71. The second kappa shape index (κ2) is 3.08. The Balaban J connectivity index is 2.17. The molecule has 0 aromatic carbocycles. The molecule has 0 spiro atoms. The van der Waals surface area contributed by atoms with E-state index in [0.29, 0.717) is 24.7 Å². The van der Waals surface area contributed by atoms with E-state index in [4.69, 9.17) is 4.52 Å². The van der Waals surface area contributed by atoms with Crippen LogP contribution in [0, 0.1) is 6.92 Å². The third kappa shape index (κ3) is 1.57. The minimum atomic E-state index is -0.276. The number of aliphatic hydroxyl groups excluding tert-OH is 1. The number of aliphatic hydroxyl groups is 1. The highest BCUT2D eigenvalue weighted by Gasteiger charge is 2.32. The molecule has 2 rings (SSSR count). The molecule has 1 N–H and O–H groups in total. The van der Waals surface area contributed by atoms with Crippen LogP contribution in [0.5, 0.6) is 0 Å². The lowest BCUT2D eigenvalue weighted by Gasteiger charge is -2.13. The smallest absolute Gasteiger partial charge is 0.244 e. The Morgan fingerprint density at radius 3 is 2.85 bits per heavy atom. The van der Waals surface area contributed by atoms with E-state index >= 15 is 0 Å². The molecule has 1 aromatic rings. The number of rotatable bonds is 1. The Bertz CT molecular complexity index is 299. The Kier molecular flexibility index (Phi) is 2.05. The molecular weight excluding hydrogens is 170 g/mol. The molecule has 1 saturated heterocycles. The maximum absolute atomic E-state index is 9.41. The van der Waals surface area contributed by atoms with Crippen molar-refractivity contribution in [2.75, 3.05) is 13.6 Å². The molecule has 13 heavy (non-hydrogen) atoms. The summed E-state index contributed by atoms with van der Waals surface area (Å²) in [6.45, 7) is 2.46. The average Bonchev–Trinajstić information content (AvgIpc) is 2.58. The molecule has 0 saturated carbocycles. The molecule has 0 radical (unpaired) electrons. The van der Waals surface area contributed by atoms with E-state index in [-0.39, 0.29) is 12.1 Å². The highest BCUT2D eigenvalue weighted by atomic mass is 16.5. The summed E-state index contributed by atoms with van der Waals surface area (Å²) in [7, 11) is 1.94. The lowest BCUT2D eigenvalue weighted by atomic mass is 10.2. The van der Waals surface area contributed by atoms with Gasteiger partial charge in [0.05, 0.1) is 12.1 Å². The van der Waals surface area contributed by atoms with Crippen LogP contribution in [0.15, 0.2) is 4.52 Å². The normalized spacial score (nSPS) is 29.8. The van der Waals surface area contributed by atoms with E-state index in [1.165, 1.54) is 0 Å². The molecule has 0 aliphatic carbocycles. The number of nitrogens with zero attached hydrogens (tertiary/aromatic N) is 3. The predicted molar refractivity (Wildman–Crippen MR) is 45.0 cm³/mol. The highest BCUT2D eigenvalue weighted by Crippen LogP contribution is 2.29. The third-order valence-electron chi connectivity index (χ3n) is 2.35. The second-order valence-corrected chi connectivity index (χ2v) is 3.52. The standard InChI is InChI=1S/C8H13N3O2/c1-5-9-8(13-10-5)7-3-6(12)4-11(7)2/h6-7,12H,3-4H2,1-2H3. The molecule has 1 aliphatic heterocycles. The van der Waals surface area contributed by atoms with Crippen molar-refractivity contribution < 1.29 is 9.63 Å². The summed E-state index contributed by atoms with van der Waals surface area (Å²) >= 11 is 0. The van der Waals surface area contributed by atoms with Crippen LogP contribution in [0.2, 0.25) is 0 Å². The van der Waals surface area contributed by atoms with Crippen LogP contribution in [0.1, 0.15) is 24.2 Å². The average molecular weight is 183 g/mol. The van der Waals surface area contributed by atoms with Gasteiger partial charge >= 0.3 is 0 Å². The van der Waals surface area contributed by atoms with E-state index in [1.54, 1.807) is 6.92 Å². The van der Waals surface area contributed by atoms with Gasteiger partial charge in [-0.25, -0.2) is 0 Å². The van der Waals surface area contributed by atoms with Crippen molar-refractivity contribution in [2.45, 2.75) is 25.5 Å². The first-order valence-electron chi connectivity index (χ1n) is 4.35. The Morgan fingerprint density at radius 2 is 2.38 bits per heavy atom. The van der Waals surface area contributed by atoms with Gasteiger partial charge in [0, 0.05) is 6.54 Å². The van der Waals surface area contributed by atoms with Crippen LogP contribution in [0.3, 0.4) is 0 Å². The summed E-state index contributed by atoms with van der Waals surface area (Å²) in [5.74, 6) is 1.25. The fourth-order valence-corrected chi connectivity index (χ4v) is 1.71. The monoisotopic (exact) mass is 183 g/mol. The van der Waals surface area contributed by atoms with Crippen molar-refractivity contribution >= 4 is 0 Å². The number of aromatic nitrogens is 2. The zero-order valence-corrected chi connectivity index (χ0v) is 7.77. The summed E-state index contributed by atoms with van der Waals surface area (Å²) in [5, 5.41) is 13.1. The maximum Gasteiger partial charge on any atom is 0.244 e. The molecule has 0 bridgehead atoms. The minimum absolute atomic E-state index is 0.0798. The number of aryl methyl sites for hydroxylation is 1. The largest absolute Gasteiger partial charge is 0.392 e. The first-order valence-corrected chi connectivity index (χ1v) is 4.35. The fraction of sp³-hybridized carbons (Fsp3) is 0.750. The summed E-state index contributed by atoms with van der Waals surface area (Å²) < 4.78 is 5.05. The SMILES string of the molecule is Cc1noc(C2CC(O)CN2C)n1. The van der Waals surface area contributed by atoms with Gasteiger partial charge in [-0.05, 0) is 20.4 Å². The van der Waals surface area contributed by atoms with Gasteiger partial charge in [0.1, 0.15) is 0 Å². The van der Waals surface area contributed by atoms with E-state index in [2.05, 4.69) is 10.1 Å². The van der Waals surface area contributed by atoms with Crippen LogP contribution in [0.25, 0.3) is 0 Å². The van der Waals surface area contributed by atoms with E-state index in [0.717, 1.165) is 0 Å². The van der Waals surface area contributed by atoms with Crippen molar-refractivity contribution in [3.8, 4) is 0 Å². The van der Waals surface area contributed by atoms with Crippen molar-refractivity contribution in [1.29, 1.82) is 0 Å². The van der Waals surface area contributed by atoms with Gasteiger partial charge in [-0.3, -0.25) is 4.90 Å². The van der Waals surface area contributed by atoms with Crippen LogP contribution in [-0.2, 0) is 0 Å². The third-order valence-corrected chi connectivity index (χ3v) is 2.35. The zero-order valence-electron chi connectivity index (χ0n) is 7.77. The molecule has 1 aliphatic rings. The van der Waals surface area contributed by atoms with Crippen molar-refractivity contribution in [1.82, 2.24) is 15.0 Å². The minimum Gasteiger partial charge on any atom is -0.392 e. The van der Waals surface area contributed by atoms with E-state index in [9.17, 15) is 5.11 Å². The van der Waals surface area contributed by atoms with Crippen LogP contribution >= 0.6 is 0 Å². The number of likely N-dealkylation sites (N-methyl/N-ethyl adjacent to an activating group) is 1. The zero-order chi connectivity index (χ0) is 9.42. The Hall–Kier alpha value is -0.940. The molecule has 1 aromatic heterocycles. The van der Waals surface area contributed by atoms with Gasteiger partial charge in [0.15, 0.2) is 5.82 Å². The van der Waals surface area contributed by atoms with Gasteiger partial charge in [-0.15, -0.1) is 0 Å². The second-order valence-electron chi connectivity index (χ2n) is 3.52. The first-order chi connectivity index (χ1) is 6.16. The lowest BCUT2D eigenvalue weighted by molar-refractivity contribution is 0.182. The number of β-amino-alcohol motifs (C(OH)–C–C–N with tert-alkyl or cyclic N) is 1. The number of hydrogen-bond donors (Lipinski definition) is 1. The van der Waals surface area contributed by atoms with Crippen LogP contribution in [0.4, 0.5) is 0 Å². The summed E-state index contributed by atoms with van der Waals surface area (Å²) in [5.41, 5.74) is 0. The van der Waals surface area contributed by atoms with Gasteiger partial charge in [-0.2, -0.15) is 4.98 Å².